The summed E-state index contributed by atoms with van der Waals surface area (Å²) in [5.41, 5.74) is 1.04. The van der Waals surface area contributed by atoms with Crippen molar-refractivity contribution in [1.82, 2.24) is 10.2 Å². The van der Waals surface area contributed by atoms with E-state index in [0.717, 1.165) is 16.2 Å². The molecule has 0 radical (unpaired) electrons. The highest BCUT2D eigenvalue weighted by Crippen LogP contribution is 2.26. The highest BCUT2D eigenvalue weighted by Gasteiger charge is 2.19. The average Bonchev–Trinajstić information content (AvgIpc) is 3.31. The Balaban J connectivity index is 1.51. The number of carbonyl (C=O) groups excluding carboxylic acids is 1. The fraction of sp³-hybridized carbons (Fsp3) is 0.278. The molecular weight excluding hydrogens is 340 g/mol. The molecule has 0 saturated heterocycles. The molecule has 6 nitrogen and oxygen atoms in total. The van der Waals surface area contributed by atoms with Crippen molar-refractivity contribution in [2.45, 2.75) is 25.9 Å². The van der Waals surface area contributed by atoms with Crippen LogP contribution in [0.4, 0.5) is 0 Å². The average molecular weight is 358 g/mol. The number of hydrogen-bond donors (Lipinski definition) is 0. The van der Waals surface area contributed by atoms with Gasteiger partial charge in [0.15, 0.2) is 6.10 Å². The highest BCUT2D eigenvalue weighted by molar-refractivity contribution is 7.13. The van der Waals surface area contributed by atoms with Gasteiger partial charge in [0, 0.05) is 6.42 Å². The summed E-state index contributed by atoms with van der Waals surface area (Å²) in [6, 6.07) is 11.4. The van der Waals surface area contributed by atoms with Crippen molar-refractivity contribution in [2.24, 2.45) is 0 Å². The first kappa shape index (κ1) is 17.2. The van der Waals surface area contributed by atoms with Gasteiger partial charge >= 0.3 is 5.97 Å². The molecule has 0 aliphatic heterocycles. The number of thiophene rings is 1. The van der Waals surface area contributed by atoms with Crippen LogP contribution in [0, 0.1) is 0 Å². The SMILES string of the molecule is COc1ccc(CCC(=O)OC(C)c2nnc(-c3cccs3)o2)cc1. The highest BCUT2D eigenvalue weighted by atomic mass is 32.1. The molecule has 3 rings (SSSR count). The Hall–Kier alpha value is -2.67. The Morgan fingerprint density at radius 3 is 2.72 bits per heavy atom. The number of benzene rings is 1. The molecule has 0 saturated carbocycles. The van der Waals surface area contributed by atoms with Crippen LogP contribution in [0.3, 0.4) is 0 Å². The molecule has 0 amide bonds. The number of esters is 1. The minimum Gasteiger partial charge on any atom is -0.497 e. The van der Waals surface area contributed by atoms with Gasteiger partial charge in [-0.05, 0) is 42.5 Å². The molecule has 25 heavy (non-hydrogen) atoms. The lowest BCUT2D eigenvalue weighted by molar-refractivity contribution is -0.149. The van der Waals surface area contributed by atoms with Crippen molar-refractivity contribution < 1.29 is 18.7 Å². The van der Waals surface area contributed by atoms with Crippen LogP contribution in [0.25, 0.3) is 10.8 Å². The van der Waals surface area contributed by atoms with E-state index < -0.39 is 6.10 Å². The van der Waals surface area contributed by atoms with E-state index in [9.17, 15) is 4.79 Å². The van der Waals surface area contributed by atoms with Crippen LogP contribution >= 0.6 is 11.3 Å². The largest absolute Gasteiger partial charge is 0.497 e. The number of ether oxygens (including phenoxy) is 2. The van der Waals surface area contributed by atoms with Crippen molar-refractivity contribution in [3.63, 3.8) is 0 Å². The number of aryl methyl sites for hydroxylation is 1. The molecule has 1 aromatic carbocycles. The van der Waals surface area contributed by atoms with Gasteiger partial charge in [0.2, 0.25) is 0 Å². The summed E-state index contributed by atoms with van der Waals surface area (Å²) in [6.45, 7) is 1.72. The van der Waals surface area contributed by atoms with E-state index in [1.807, 2.05) is 41.8 Å². The van der Waals surface area contributed by atoms with Gasteiger partial charge < -0.3 is 13.9 Å². The predicted octanol–water partition coefficient (Wildman–Crippen LogP) is 4.04. The summed E-state index contributed by atoms with van der Waals surface area (Å²) in [5, 5.41) is 9.88. The van der Waals surface area contributed by atoms with E-state index in [1.54, 1.807) is 14.0 Å². The second-order valence-electron chi connectivity index (χ2n) is 5.40. The molecule has 0 spiro atoms. The Bertz CT molecular complexity index is 812. The van der Waals surface area contributed by atoms with Crippen molar-refractivity contribution in [3.05, 3.63) is 53.2 Å². The van der Waals surface area contributed by atoms with Gasteiger partial charge in [0.25, 0.3) is 11.8 Å². The summed E-state index contributed by atoms with van der Waals surface area (Å²) in [6.07, 6.45) is 0.298. The molecule has 3 aromatic rings. The zero-order valence-corrected chi connectivity index (χ0v) is 14.8. The third-order valence-electron chi connectivity index (χ3n) is 3.61. The Labute approximate surface area is 149 Å². The Morgan fingerprint density at radius 2 is 2.04 bits per heavy atom. The fourth-order valence-electron chi connectivity index (χ4n) is 2.24. The number of rotatable bonds is 7. The Kier molecular flexibility index (Phi) is 5.45. The minimum atomic E-state index is -0.579. The normalized spacial score (nSPS) is 11.9. The molecule has 130 valence electrons. The summed E-state index contributed by atoms with van der Waals surface area (Å²) in [5.74, 6) is 1.21. The third kappa shape index (κ3) is 4.45. The molecule has 2 heterocycles. The van der Waals surface area contributed by atoms with Crippen molar-refractivity contribution in [2.75, 3.05) is 7.11 Å². The van der Waals surface area contributed by atoms with E-state index in [2.05, 4.69) is 10.2 Å². The first-order valence-electron chi connectivity index (χ1n) is 7.85. The van der Waals surface area contributed by atoms with Crippen molar-refractivity contribution in [3.8, 4) is 16.5 Å². The van der Waals surface area contributed by atoms with E-state index in [-0.39, 0.29) is 12.4 Å². The quantitative estimate of drug-likeness (QED) is 0.593. The number of nitrogens with zero attached hydrogens (tertiary/aromatic N) is 2. The molecule has 0 bridgehead atoms. The minimum absolute atomic E-state index is 0.280. The van der Waals surface area contributed by atoms with Crippen LogP contribution in [0.15, 0.2) is 46.2 Å². The lowest BCUT2D eigenvalue weighted by atomic mass is 10.1. The van der Waals surface area contributed by atoms with Gasteiger partial charge in [-0.3, -0.25) is 4.79 Å². The topological polar surface area (TPSA) is 74.5 Å². The summed E-state index contributed by atoms with van der Waals surface area (Å²) < 4.78 is 16.1. The van der Waals surface area contributed by atoms with Crippen LogP contribution in [0.5, 0.6) is 5.75 Å². The molecule has 1 atom stereocenters. The lowest BCUT2D eigenvalue weighted by Crippen LogP contribution is -2.10. The van der Waals surface area contributed by atoms with Gasteiger partial charge in [-0.1, -0.05) is 18.2 Å². The monoisotopic (exact) mass is 358 g/mol. The first-order valence-corrected chi connectivity index (χ1v) is 8.73. The maximum atomic E-state index is 12.0. The zero-order valence-electron chi connectivity index (χ0n) is 14.0. The number of hydrogen-bond acceptors (Lipinski definition) is 7. The predicted molar refractivity (Wildman–Crippen MR) is 93.4 cm³/mol. The lowest BCUT2D eigenvalue weighted by Gasteiger charge is -2.09. The third-order valence-corrected chi connectivity index (χ3v) is 4.46. The fourth-order valence-corrected chi connectivity index (χ4v) is 2.89. The van der Waals surface area contributed by atoms with Crippen LogP contribution in [0.1, 0.15) is 30.9 Å². The van der Waals surface area contributed by atoms with E-state index >= 15 is 0 Å². The summed E-state index contributed by atoms with van der Waals surface area (Å²) in [4.78, 5) is 12.9. The smallest absolute Gasteiger partial charge is 0.306 e. The molecule has 1 unspecified atom stereocenters. The van der Waals surface area contributed by atoms with Crippen LogP contribution in [-0.4, -0.2) is 23.3 Å². The van der Waals surface area contributed by atoms with Gasteiger partial charge in [-0.15, -0.1) is 21.5 Å². The summed E-state index contributed by atoms with van der Waals surface area (Å²) >= 11 is 1.51. The second-order valence-corrected chi connectivity index (χ2v) is 6.35. The molecular formula is C18H18N2O4S. The van der Waals surface area contributed by atoms with E-state index in [1.165, 1.54) is 11.3 Å². The van der Waals surface area contributed by atoms with E-state index in [4.69, 9.17) is 13.9 Å². The van der Waals surface area contributed by atoms with Crippen molar-refractivity contribution in [1.29, 1.82) is 0 Å². The zero-order chi connectivity index (χ0) is 17.6. The van der Waals surface area contributed by atoms with Crippen LogP contribution in [0.2, 0.25) is 0 Å². The molecule has 7 heteroatoms. The Morgan fingerprint density at radius 1 is 1.24 bits per heavy atom. The van der Waals surface area contributed by atoms with E-state index in [0.29, 0.717) is 18.2 Å². The standard InChI is InChI=1S/C18H18N2O4S/c1-12(17-19-20-18(24-17)15-4-3-11-25-15)23-16(21)10-7-13-5-8-14(22-2)9-6-13/h3-6,8-9,11-12H,7,10H2,1-2H3. The van der Waals surface area contributed by atoms with Crippen LogP contribution < -0.4 is 4.74 Å². The van der Waals surface area contributed by atoms with Gasteiger partial charge in [0.1, 0.15) is 5.75 Å². The number of carbonyl (C=O) groups is 1. The first-order chi connectivity index (χ1) is 12.2. The van der Waals surface area contributed by atoms with Gasteiger partial charge in [0.05, 0.1) is 12.0 Å². The molecule has 2 aromatic heterocycles. The molecule has 0 aliphatic rings. The molecule has 0 aliphatic carbocycles. The van der Waals surface area contributed by atoms with Gasteiger partial charge in [-0.25, -0.2) is 0 Å². The molecule has 0 fully saturated rings. The maximum absolute atomic E-state index is 12.0. The molecule has 0 N–H and O–H groups in total. The summed E-state index contributed by atoms with van der Waals surface area (Å²) in [7, 11) is 1.62. The number of aromatic nitrogens is 2. The maximum Gasteiger partial charge on any atom is 0.306 e. The number of methoxy groups -OCH3 is 1. The van der Waals surface area contributed by atoms with Crippen LogP contribution in [-0.2, 0) is 16.0 Å². The van der Waals surface area contributed by atoms with Crippen molar-refractivity contribution >= 4 is 17.3 Å². The van der Waals surface area contributed by atoms with Gasteiger partial charge in [-0.2, -0.15) is 0 Å². The second kappa shape index (κ2) is 7.94.